The summed E-state index contributed by atoms with van der Waals surface area (Å²) in [7, 11) is 1.62. The molecule has 1 atom stereocenters. The highest BCUT2D eigenvalue weighted by molar-refractivity contribution is 5.29. The Labute approximate surface area is 109 Å². The molecular weight excluding hydrogens is 262 g/mol. The van der Waals surface area contributed by atoms with E-state index in [9.17, 15) is 17.6 Å². The van der Waals surface area contributed by atoms with Gasteiger partial charge in [0.25, 0.3) is 0 Å². The van der Waals surface area contributed by atoms with Crippen LogP contribution in [0.3, 0.4) is 0 Å². The third-order valence-corrected chi connectivity index (χ3v) is 2.64. The van der Waals surface area contributed by atoms with E-state index in [2.05, 4.69) is 5.32 Å². The molecule has 0 aliphatic heterocycles. The molecule has 0 aliphatic carbocycles. The molecule has 0 saturated carbocycles. The molecule has 19 heavy (non-hydrogen) atoms. The molecule has 0 fully saturated rings. The van der Waals surface area contributed by atoms with Crippen molar-refractivity contribution in [1.82, 2.24) is 5.32 Å². The molecule has 2 nitrogen and oxygen atoms in total. The van der Waals surface area contributed by atoms with Crippen molar-refractivity contribution in [3.63, 3.8) is 0 Å². The fourth-order valence-electron chi connectivity index (χ4n) is 1.61. The van der Waals surface area contributed by atoms with E-state index in [1.165, 1.54) is 6.07 Å². The molecule has 0 spiro atoms. The summed E-state index contributed by atoms with van der Waals surface area (Å²) in [6.45, 7) is 3.88. The van der Waals surface area contributed by atoms with Crippen LogP contribution in [0.2, 0.25) is 0 Å². The summed E-state index contributed by atoms with van der Waals surface area (Å²) in [6, 6.07) is 2.57. The van der Waals surface area contributed by atoms with Crippen LogP contribution in [0.15, 0.2) is 18.2 Å². The SMILES string of the molecule is CNC(COC(C)C)c1ccc(F)c(C(F)(F)F)c1. The number of hydrogen-bond acceptors (Lipinski definition) is 2. The Morgan fingerprint density at radius 2 is 1.89 bits per heavy atom. The van der Waals surface area contributed by atoms with Crippen molar-refractivity contribution >= 4 is 0 Å². The maximum atomic E-state index is 13.2. The van der Waals surface area contributed by atoms with Crippen molar-refractivity contribution in [3.8, 4) is 0 Å². The van der Waals surface area contributed by atoms with Crippen LogP contribution in [0.5, 0.6) is 0 Å². The molecular formula is C13H17F4NO. The second-order valence-electron chi connectivity index (χ2n) is 4.46. The Morgan fingerprint density at radius 3 is 2.37 bits per heavy atom. The lowest BCUT2D eigenvalue weighted by Gasteiger charge is -2.20. The fourth-order valence-corrected chi connectivity index (χ4v) is 1.61. The quantitative estimate of drug-likeness (QED) is 0.833. The average molecular weight is 279 g/mol. The Morgan fingerprint density at radius 1 is 1.26 bits per heavy atom. The van der Waals surface area contributed by atoms with Gasteiger partial charge in [-0.1, -0.05) is 6.07 Å². The predicted molar refractivity (Wildman–Crippen MR) is 64.3 cm³/mol. The van der Waals surface area contributed by atoms with E-state index >= 15 is 0 Å². The zero-order chi connectivity index (χ0) is 14.6. The van der Waals surface area contributed by atoms with Gasteiger partial charge in [0.1, 0.15) is 5.82 Å². The van der Waals surface area contributed by atoms with Crippen molar-refractivity contribution in [1.29, 1.82) is 0 Å². The van der Waals surface area contributed by atoms with Crippen LogP contribution in [0, 0.1) is 5.82 Å². The number of halogens is 4. The van der Waals surface area contributed by atoms with E-state index in [-0.39, 0.29) is 12.7 Å². The van der Waals surface area contributed by atoms with Gasteiger partial charge in [-0.3, -0.25) is 0 Å². The smallest absolute Gasteiger partial charge is 0.377 e. The molecule has 0 aromatic heterocycles. The van der Waals surface area contributed by atoms with Crippen LogP contribution in [0.25, 0.3) is 0 Å². The largest absolute Gasteiger partial charge is 0.419 e. The monoisotopic (exact) mass is 279 g/mol. The van der Waals surface area contributed by atoms with Crippen LogP contribution in [-0.2, 0) is 10.9 Å². The molecule has 6 heteroatoms. The van der Waals surface area contributed by atoms with Crippen LogP contribution >= 0.6 is 0 Å². The maximum absolute atomic E-state index is 13.2. The van der Waals surface area contributed by atoms with Crippen molar-refractivity contribution in [2.75, 3.05) is 13.7 Å². The number of likely N-dealkylation sites (N-methyl/N-ethyl adjacent to an activating group) is 1. The third kappa shape index (κ3) is 4.47. The maximum Gasteiger partial charge on any atom is 0.419 e. The van der Waals surface area contributed by atoms with Gasteiger partial charge in [-0.15, -0.1) is 0 Å². The zero-order valence-electron chi connectivity index (χ0n) is 11.0. The molecule has 1 N–H and O–H groups in total. The van der Waals surface area contributed by atoms with E-state index in [1.807, 2.05) is 13.8 Å². The summed E-state index contributed by atoms with van der Waals surface area (Å²) < 4.78 is 56.4. The standard InChI is InChI=1S/C13H17F4NO/c1-8(2)19-7-12(18-3)9-4-5-11(14)10(6-9)13(15,16)17/h4-6,8,12,18H,7H2,1-3H3. The van der Waals surface area contributed by atoms with Crippen molar-refractivity contribution in [2.24, 2.45) is 0 Å². The minimum atomic E-state index is -4.70. The van der Waals surface area contributed by atoms with Gasteiger partial charge in [0.05, 0.1) is 24.3 Å². The van der Waals surface area contributed by atoms with Crippen LogP contribution in [0.4, 0.5) is 17.6 Å². The van der Waals surface area contributed by atoms with Gasteiger partial charge >= 0.3 is 6.18 Å². The molecule has 0 heterocycles. The van der Waals surface area contributed by atoms with E-state index in [4.69, 9.17) is 4.74 Å². The second-order valence-corrected chi connectivity index (χ2v) is 4.46. The highest BCUT2D eigenvalue weighted by Gasteiger charge is 2.34. The summed E-state index contributed by atoms with van der Waals surface area (Å²) in [6.07, 6.45) is -4.73. The van der Waals surface area contributed by atoms with Gasteiger partial charge in [-0.25, -0.2) is 4.39 Å². The van der Waals surface area contributed by atoms with Crippen LogP contribution in [-0.4, -0.2) is 19.8 Å². The van der Waals surface area contributed by atoms with E-state index in [1.54, 1.807) is 7.05 Å². The number of benzene rings is 1. The lowest BCUT2D eigenvalue weighted by atomic mass is 10.0. The summed E-state index contributed by atoms with van der Waals surface area (Å²) >= 11 is 0. The van der Waals surface area contributed by atoms with Gasteiger partial charge in [-0.2, -0.15) is 13.2 Å². The number of nitrogens with one attached hydrogen (secondary N) is 1. The predicted octanol–water partition coefficient (Wildman–Crippen LogP) is 3.53. The number of alkyl halides is 3. The van der Waals surface area contributed by atoms with E-state index < -0.39 is 23.6 Å². The molecule has 1 aromatic carbocycles. The molecule has 0 bridgehead atoms. The summed E-state index contributed by atoms with van der Waals surface area (Å²) in [5, 5.41) is 2.86. The Hall–Kier alpha value is -1.14. The van der Waals surface area contributed by atoms with Gasteiger partial charge in [-0.05, 0) is 38.6 Å². The first kappa shape index (κ1) is 15.9. The molecule has 1 aromatic rings. The van der Waals surface area contributed by atoms with Gasteiger partial charge in [0.15, 0.2) is 0 Å². The number of hydrogen-bond donors (Lipinski definition) is 1. The molecule has 1 rings (SSSR count). The van der Waals surface area contributed by atoms with Gasteiger partial charge < -0.3 is 10.1 Å². The highest BCUT2D eigenvalue weighted by Crippen LogP contribution is 2.33. The molecule has 0 aliphatic rings. The fraction of sp³-hybridized carbons (Fsp3) is 0.538. The van der Waals surface area contributed by atoms with Gasteiger partial charge in [0.2, 0.25) is 0 Å². The summed E-state index contributed by atoms with van der Waals surface area (Å²) in [4.78, 5) is 0. The summed E-state index contributed by atoms with van der Waals surface area (Å²) in [5.74, 6) is -1.27. The van der Waals surface area contributed by atoms with E-state index in [0.717, 1.165) is 12.1 Å². The lowest BCUT2D eigenvalue weighted by Crippen LogP contribution is -2.24. The van der Waals surface area contributed by atoms with Crippen molar-refractivity contribution in [3.05, 3.63) is 35.1 Å². The number of ether oxygens (including phenoxy) is 1. The average Bonchev–Trinajstić information content (AvgIpc) is 2.29. The highest BCUT2D eigenvalue weighted by atomic mass is 19.4. The van der Waals surface area contributed by atoms with Crippen LogP contribution < -0.4 is 5.32 Å². The Balaban J connectivity index is 2.99. The molecule has 1 unspecified atom stereocenters. The minimum absolute atomic E-state index is 0.0293. The van der Waals surface area contributed by atoms with Crippen molar-refractivity contribution in [2.45, 2.75) is 32.2 Å². The first-order valence-electron chi connectivity index (χ1n) is 5.91. The Kier molecular flexibility index (Phi) is 5.31. The topological polar surface area (TPSA) is 21.3 Å². The van der Waals surface area contributed by atoms with Crippen LogP contribution in [0.1, 0.15) is 31.0 Å². The minimum Gasteiger partial charge on any atom is -0.377 e. The van der Waals surface area contributed by atoms with E-state index in [0.29, 0.717) is 5.56 Å². The molecule has 0 amide bonds. The first-order valence-corrected chi connectivity index (χ1v) is 5.91. The molecule has 0 radical (unpaired) electrons. The van der Waals surface area contributed by atoms with Gasteiger partial charge in [0, 0.05) is 0 Å². The zero-order valence-corrected chi connectivity index (χ0v) is 11.0. The lowest BCUT2D eigenvalue weighted by molar-refractivity contribution is -0.140. The first-order chi connectivity index (χ1) is 8.75. The summed E-state index contributed by atoms with van der Waals surface area (Å²) in [5.41, 5.74) is -0.910. The second kappa shape index (κ2) is 6.34. The third-order valence-electron chi connectivity index (χ3n) is 2.64. The Bertz CT molecular complexity index is 418. The molecule has 0 saturated heterocycles. The van der Waals surface area contributed by atoms with Crippen molar-refractivity contribution < 1.29 is 22.3 Å². The molecule has 108 valence electrons. The number of rotatable bonds is 5. The normalized spacial score (nSPS) is 13.9.